The average Bonchev–Trinajstić information content (AvgIpc) is 2.35. The molecule has 0 spiro atoms. The average molecular weight is 321 g/mol. The van der Waals surface area contributed by atoms with Gasteiger partial charge in [-0.25, -0.2) is 9.37 Å². The summed E-state index contributed by atoms with van der Waals surface area (Å²) < 4.78 is 14.0. The molecule has 2 nitrogen and oxygen atoms in total. The van der Waals surface area contributed by atoms with Crippen LogP contribution in [0.25, 0.3) is 0 Å². The minimum atomic E-state index is -0.147. The minimum Gasteiger partial charge on any atom is -0.381 e. The van der Waals surface area contributed by atoms with Gasteiger partial charge in [0, 0.05) is 6.04 Å². The maximum Gasteiger partial charge on any atom is 0.123 e. The second-order valence-corrected chi connectivity index (χ2v) is 5.75. The highest BCUT2D eigenvalue weighted by molar-refractivity contribution is 9.10. The molecule has 0 bridgehead atoms. The van der Waals surface area contributed by atoms with E-state index in [9.17, 15) is 4.39 Å². The van der Waals surface area contributed by atoms with Gasteiger partial charge in [-0.15, -0.1) is 0 Å². The fourth-order valence-electron chi connectivity index (χ4n) is 2.47. The molecule has 0 aliphatic heterocycles. The zero-order valence-corrected chi connectivity index (χ0v) is 11.9. The Morgan fingerprint density at radius 2 is 2.05 bits per heavy atom. The Bertz CT molecular complexity index is 565. The number of aromatic nitrogens is 1. The molecule has 1 saturated carbocycles. The van der Waals surface area contributed by atoms with E-state index in [1.54, 1.807) is 12.1 Å². The van der Waals surface area contributed by atoms with Crippen LogP contribution in [0.15, 0.2) is 47.2 Å². The van der Waals surface area contributed by atoms with Crippen molar-refractivity contribution in [3.05, 3.63) is 58.6 Å². The van der Waals surface area contributed by atoms with Crippen LogP contribution in [0.3, 0.4) is 0 Å². The van der Waals surface area contributed by atoms with E-state index < -0.39 is 0 Å². The molecular weight excluding hydrogens is 307 g/mol. The van der Waals surface area contributed by atoms with E-state index >= 15 is 0 Å². The van der Waals surface area contributed by atoms with Gasteiger partial charge in [0.1, 0.15) is 10.4 Å². The molecule has 1 aliphatic rings. The zero-order chi connectivity index (χ0) is 13.2. The van der Waals surface area contributed by atoms with Crippen molar-refractivity contribution in [3.63, 3.8) is 0 Å². The van der Waals surface area contributed by atoms with Crippen molar-refractivity contribution in [2.75, 3.05) is 5.32 Å². The van der Waals surface area contributed by atoms with Gasteiger partial charge in [0.05, 0.1) is 11.9 Å². The molecule has 98 valence electrons. The van der Waals surface area contributed by atoms with E-state index in [2.05, 4.69) is 26.2 Å². The van der Waals surface area contributed by atoms with Crippen molar-refractivity contribution in [1.82, 2.24) is 4.98 Å². The van der Waals surface area contributed by atoms with Crippen LogP contribution in [-0.4, -0.2) is 11.0 Å². The predicted molar refractivity (Wildman–Crippen MR) is 77.7 cm³/mol. The molecule has 1 heterocycles. The molecule has 4 heteroatoms. The van der Waals surface area contributed by atoms with Crippen LogP contribution in [0.5, 0.6) is 0 Å². The van der Waals surface area contributed by atoms with Gasteiger partial charge in [-0.05, 0) is 64.5 Å². The van der Waals surface area contributed by atoms with E-state index in [-0.39, 0.29) is 5.82 Å². The van der Waals surface area contributed by atoms with Crippen LogP contribution in [0.2, 0.25) is 0 Å². The van der Waals surface area contributed by atoms with Crippen molar-refractivity contribution in [2.45, 2.75) is 24.8 Å². The van der Waals surface area contributed by atoms with Gasteiger partial charge in [-0.2, -0.15) is 0 Å². The molecule has 1 aromatic carbocycles. The van der Waals surface area contributed by atoms with E-state index in [0.29, 0.717) is 12.0 Å². The third-order valence-corrected chi connectivity index (χ3v) is 4.03. The number of halogens is 2. The Labute approximate surface area is 120 Å². The second-order valence-electron chi connectivity index (χ2n) is 4.93. The molecule has 1 N–H and O–H groups in total. The van der Waals surface area contributed by atoms with Crippen LogP contribution >= 0.6 is 15.9 Å². The molecule has 1 aromatic heterocycles. The summed E-state index contributed by atoms with van der Waals surface area (Å²) in [6, 6.07) is 11.3. The van der Waals surface area contributed by atoms with Gasteiger partial charge in [-0.1, -0.05) is 12.1 Å². The van der Waals surface area contributed by atoms with Gasteiger partial charge < -0.3 is 5.32 Å². The number of benzene rings is 1. The highest BCUT2D eigenvalue weighted by Crippen LogP contribution is 2.38. The molecule has 0 atom stereocenters. The van der Waals surface area contributed by atoms with E-state index in [4.69, 9.17) is 0 Å². The molecule has 1 fully saturated rings. The molecule has 0 unspecified atom stereocenters. The van der Waals surface area contributed by atoms with Gasteiger partial charge in [0.15, 0.2) is 0 Å². The lowest BCUT2D eigenvalue weighted by Crippen LogP contribution is -2.34. The Morgan fingerprint density at radius 1 is 1.21 bits per heavy atom. The highest BCUT2D eigenvalue weighted by atomic mass is 79.9. The molecule has 3 rings (SSSR count). The normalized spacial score (nSPS) is 21.8. The summed E-state index contributed by atoms with van der Waals surface area (Å²) >= 11 is 3.32. The van der Waals surface area contributed by atoms with Gasteiger partial charge in [0.2, 0.25) is 0 Å². The molecule has 0 amide bonds. The lowest BCUT2D eigenvalue weighted by Gasteiger charge is -2.36. The first-order valence-corrected chi connectivity index (χ1v) is 7.13. The van der Waals surface area contributed by atoms with Crippen molar-refractivity contribution < 1.29 is 4.39 Å². The summed E-state index contributed by atoms with van der Waals surface area (Å²) in [7, 11) is 0. The molecular formula is C15H14BrFN2. The summed E-state index contributed by atoms with van der Waals surface area (Å²) in [6.07, 6.45) is 3.90. The van der Waals surface area contributed by atoms with Crippen LogP contribution < -0.4 is 5.32 Å². The van der Waals surface area contributed by atoms with Crippen molar-refractivity contribution in [1.29, 1.82) is 0 Å². The lowest BCUT2D eigenvalue weighted by atomic mass is 9.76. The number of nitrogens with zero attached hydrogens (tertiary/aromatic N) is 1. The standard InChI is InChI=1S/C15H14BrFN2/c16-15-5-4-13(9-18-15)19-14-7-11(8-14)10-2-1-3-12(17)6-10/h1-6,9,11,14,19H,7-8H2. The first kappa shape index (κ1) is 12.6. The molecule has 1 aliphatic carbocycles. The maximum atomic E-state index is 13.1. The molecule has 19 heavy (non-hydrogen) atoms. The number of rotatable bonds is 3. The summed E-state index contributed by atoms with van der Waals surface area (Å²) in [5.41, 5.74) is 2.14. The number of pyridine rings is 1. The first-order chi connectivity index (χ1) is 9.20. The smallest absolute Gasteiger partial charge is 0.123 e. The van der Waals surface area contributed by atoms with E-state index in [1.165, 1.54) is 6.07 Å². The monoisotopic (exact) mass is 320 g/mol. The zero-order valence-electron chi connectivity index (χ0n) is 10.3. The van der Waals surface area contributed by atoms with Gasteiger partial charge in [0.25, 0.3) is 0 Å². The van der Waals surface area contributed by atoms with Crippen molar-refractivity contribution in [2.24, 2.45) is 0 Å². The Hall–Kier alpha value is -1.42. The first-order valence-electron chi connectivity index (χ1n) is 6.34. The fraction of sp³-hybridized carbons (Fsp3) is 0.267. The third kappa shape index (κ3) is 2.95. The maximum absolute atomic E-state index is 13.1. The Morgan fingerprint density at radius 3 is 2.74 bits per heavy atom. The number of hydrogen-bond donors (Lipinski definition) is 1. The summed E-state index contributed by atoms with van der Waals surface area (Å²) in [6.45, 7) is 0. The number of nitrogens with one attached hydrogen (secondary N) is 1. The summed E-state index contributed by atoms with van der Waals surface area (Å²) in [4.78, 5) is 4.18. The third-order valence-electron chi connectivity index (χ3n) is 3.56. The number of anilines is 1. The topological polar surface area (TPSA) is 24.9 Å². The van der Waals surface area contributed by atoms with Gasteiger partial charge in [-0.3, -0.25) is 0 Å². The fourth-order valence-corrected chi connectivity index (χ4v) is 2.70. The second kappa shape index (κ2) is 5.29. The van der Waals surface area contributed by atoms with Crippen LogP contribution in [0.1, 0.15) is 24.3 Å². The largest absolute Gasteiger partial charge is 0.381 e. The SMILES string of the molecule is Fc1cccc(C2CC(Nc3ccc(Br)nc3)C2)c1. The van der Waals surface area contributed by atoms with E-state index in [1.807, 2.05) is 24.4 Å². The van der Waals surface area contributed by atoms with Crippen molar-refractivity contribution in [3.8, 4) is 0 Å². The summed E-state index contributed by atoms with van der Waals surface area (Å²) in [5, 5.41) is 3.44. The van der Waals surface area contributed by atoms with Crippen LogP contribution in [-0.2, 0) is 0 Å². The highest BCUT2D eigenvalue weighted by Gasteiger charge is 2.30. The Balaban J connectivity index is 1.57. The van der Waals surface area contributed by atoms with Crippen LogP contribution in [0.4, 0.5) is 10.1 Å². The molecule has 0 radical (unpaired) electrons. The van der Waals surface area contributed by atoms with E-state index in [0.717, 1.165) is 28.7 Å². The molecule has 2 aromatic rings. The summed E-state index contributed by atoms with van der Waals surface area (Å²) in [5.74, 6) is 0.322. The quantitative estimate of drug-likeness (QED) is 0.851. The molecule has 0 saturated heterocycles. The van der Waals surface area contributed by atoms with Gasteiger partial charge >= 0.3 is 0 Å². The lowest BCUT2D eigenvalue weighted by molar-refractivity contribution is 0.373. The Kier molecular flexibility index (Phi) is 3.51. The van der Waals surface area contributed by atoms with Crippen molar-refractivity contribution >= 4 is 21.6 Å². The minimum absolute atomic E-state index is 0.147. The van der Waals surface area contributed by atoms with Crippen LogP contribution in [0, 0.1) is 5.82 Å². The predicted octanol–water partition coefficient (Wildman–Crippen LogP) is 4.34. The number of hydrogen-bond acceptors (Lipinski definition) is 2.